The number of amides is 2. The number of nitrogens with zero attached hydrogens (tertiary/aromatic N) is 1. The summed E-state index contributed by atoms with van der Waals surface area (Å²) in [7, 11) is 0. The molecule has 1 fully saturated rings. The van der Waals surface area contributed by atoms with Gasteiger partial charge in [0.2, 0.25) is 5.91 Å². The van der Waals surface area contributed by atoms with Crippen LogP contribution in [0.4, 0.5) is 5.69 Å². The van der Waals surface area contributed by atoms with Gasteiger partial charge >= 0.3 is 0 Å². The van der Waals surface area contributed by atoms with Crippen molar-refractivity contribution in [2.75, 3.05) is 18.4 Å². The number of anilines is 1. The Labute approximate surface area is 183 Å². The number of ether oxygens (including phenoxy) is 1. The van der Waals surface area contributed by atoms with Crippen LogP contribution in [0.5, 0.6) is 11.5 Å². The first-order valence-electron chi connectivity index (χ1n) is 10.5. The topological polar surface area (TPSA) is 58.6 Å². The third kappa shape index (κ3) is 6.19. The van der Waals surface area contributed by atoms with Crippen LogP contribution in [0, 0.1) is 5.92 Å². The van der Waals surface area contributed by atoms with Crippen LogP contribution in [-0.4, -0.2) is 29.8 Å². The van der Waals surface area contributed by atoms with Gasteiger partial charge in [0.25, 0.3) is 5.91 Å². The summed E-state index contributed by atoms with van der Waals surface area (Å²) in [6, 6.07) is 16.8. The van der Waals surface area contributed by atoms with Crippen molar-refractivity contribution < 1.29 is 14.3 Å². The van der Waals surface area contributed by atoms with E-state index in [4.69, 9.17) is 4.74 Å². The molecule has 0 spiro atoms. The van der Waals surface area contributed by atoms with Crippen molar-refractivity contribution in [1.82, 2.24) is 4.90 Å². The van der Waals surface area contributed by atoms with E-state index in [0.717, 1.165) is 18.6 Å². The molecule has 5 heteroatoms. The maximum Gasteiger partial charge on any atom is 0.253 e. The lowest BCUT2D eigenvalue weighted by Crippen LogP contribution is -2.44. The number of rotatable bonds is 7. The van der Waals surface area contributed by atoms with Crippen molar-refractivity contribution in [2.45, 2.75) is 19.8 Å². The minimum Gasteiger partial charge on any atom is -0.457 e. The van der Waals surface area contributed by atoms with E-state index in [0.29, 0.717) is 30.1 Å². The molecule has 0 aliphatic carbocycles. The number of nitrogens with one attached hydrogen (secondary N) is 1. The van der Waals surface area contributed by atoms with Crippen LogP contribution in [-0.2, 0) is 9.59 Å². The molecule has 1 saturated heterocycles. The second-order valence-corrected chi connectivity index (χ2v) is 7.36. The van der Waals surface area contributed by atoms with E-state index in [1.54, 1.807) is 29.2 Å². The number of para-hydroxylation sites is 1. The molecule has 3 rings (SSSR count). The Morgan fingerprint density at radius 1 is 1.10 bits per heavy atom. The Hall–Kier alpha value is -3.60. The molecule has 5 nitrogen and oxygen atoms in total. The standard InChI is InChI=1S/C26H28N2O3/c1-3-5-10-20(4-2)26(30)28-18-9-11-21(19-28)25(29)27-22-14-16-24(17-15-22)31-23-12-7-6-8-13-23/h3-8,10,12-17,21H,1,9,11,18-19H2,2H3,(H,27,29)/b10-5-,20-4+. The van der Waals surface area contributed by atoms with Crippen LogP contribution in [0.2, 0.25) is 0 Å². The Bertz CT molecular complexity index is 962. The highest BCUT2D eigenvalue weighted by molar-refractivity contribution is 5.97. The molecular weight excluding hydrogens is 388 g/mol. The molecule has 2 aromatic carbocycles. The highest BCUT2D eigenvalue weighted by Gasteiger charge is 2.29. The number of likely N-dealkylation sites (tertiary alicyclic amines) is 1. The van der Waals surface area contributed by atoms with E-state index >= 15 is 0 Å². The number of hydrogen-bond acceptors (Lipinski definition) is 3. The molecule has 0 radical (unpaired) electrons. The van der Waals surface area contributed by atoms with Crippen LogP contribution >= 0.6 is 0 Å². The molecule has 1 atom stereocenters. The third-order valence-corrected chi connectivity index (χ3v) is 5.15. The van der Waals surface area contributed by atoms with E-state index < -0.39 is 0 Å². The van der Waals surface area contributed by atoms with Crippen molar-refractivity contribution in [3.8, 4) is 11.5 Å². The average Bonchev–Trinajstić information content (AvgIpc) is 2.81. The van der Waals surface area contributed by atoms with E-state index in [2.05, 4.69) is 11.9 Å². The first kappa shape index (κ1) is 22.1. The normalized spacial score (nSPS) is 16.7. The second-order valence-electron chi connectivity index (χ2n) is 7.36. The quantitative estimate of drug-likeness (QED) is 0.489. The van der Waals surface area contributed by atoms with Crippen LogP contribution in [0.1, 0.15) is 19.8 Å². The molecule has 0 aromatic heterocycles. The van der Waals surface area contributed by atoms with Crippen LogP contribution < -0.4 is 10.1 Å². The Balaban J connectivity index is 1.58. The molecular formula is C26H28N2O3. The highest BCUT2D eigenvalue weighted by atomic mass is 16.5. The minimum atomic E-state index is -0.237. The van der Waals surface area contributed by atoms with E-state index in [1.165, 1.54) is 0 Å². The van der Waals surface area contributed by atoms with Gasteiger partial charge in [-0.2, -0.15) is 0 Å². The summed E-state index contributed by atoms with van der Waals surface area (Å²) in [5, 5.41) is 2.97. The molecule has 1 aliphatic heterocycles. The van der Waals surface area contributed by atoms with Gasteiger partial charge in [-0.15, -0.1) is 0 Å². The Morgan fingerprint density at radius 3 is 2.48 bits per heavy atom. The summed E-state index contributed by atoms with van der Waals surface area (Å²) in [5.74, 6) is 1.10. The zero-order chi connectivity index (χ0) is 22.1. The number of allylic oxidation sites excluding steroid dienone is 3. The highest BCUT2D eigenvalue weighted by Crippen LogP contribution is 2.24. The lowest BCUT2D eigenvalue weighted by atomic mass is 9.96. The first-order valence-corrected chi connectivity index (χ1v) is 10.5. The number of hydrogen-bond donors (Lipinski definition) is 1. The molecule has 1 aliphatic rings. The third-order valence-electron chi connectivity index (χ3n) is 5.15. The Kier molecular flexibility index (Phi) is 7.82. The fraction of sp³-hybridized carbons (Fsp3) is 0.231. The summed E-state index contributed by atoms with van der Waals surface area (Å²) in [5.41, 5.74) is 1.31. The molecule has 0 saturated carbocycles. The van der Waals surface area contributed by atoms with E-state index in [-0.39, 0.29) is 17.7 Å². The predicted molar refractivity (Wildman–Crippen MR) is 124 cm³/mol. The maximum atomic E-state index is 12.8. The van der Waals surface area contributed by atoms with Gasteiger partial charge in [0.1, 0.15) is 11.5 Å². The number of piperidine rings is 1. The van der Waals surface area contributed by atoms with Gasteiger partial charge in [-0.1, -0.05) is 43.0 Å². The molecule has 1 heterocycles. The van der Waals surface area contributed by atoms with Gasteiger partial charge in [-0.25, -0.2) is 0 Å². The molecule has 1 unspecified atom stereocenters. The predicted octanol–water partition coefficient (Wildman–Crippen LogP) is 5.34. The monoisotopic (exact) mass is 416 g/mol. The van der Waals surface area contributed by atoms with Crippen LogP contribution in [0.3, 0.4) is 0 Å². The van der Waals surface area contributed by atoms with Gasteiger partial charge < -0.3 is 15.0 Å². The largest absolute Gasteiger partial charge is 0.457 e. The summed E-state index contributed by atoms with van der Waals surface area (Å²) in [4.78, 5) is 27.3. The lowest BCUT2D eigenvalue weighted by Gasteiger charge is -2.32. The first-order chi connectivity index (χ1) is 15.1. The molecule has 1 N–H and O–H groups in total. The molecule has 31 heavy (non-hydrogen) atoms. The molecule has 2 aromatic rings. The fourth-order valence-corrected chi connectivity index (χ4v) is 3.50. The zero-order valence-corrected chi connectivity index (χ0v) is 17.8. The minimum absolute atomic E-state index is 0.0551. The summed E-state index contributed by atoms with van der Waals surface area (Å²) in [6.45, 7) is 6.55. The second kappa shape index (κ2) is 11.0. The summed E-state index contributed by atoms with van der Waals surface area (Å²) < 4.78 is 5.78. The van der Waals surface area contributed by atoms with Gasteiger partial charge in [0, 0.05) is 24.4 Å². The molecule has 0 bridgehead atoms. The van der Waals surface area contributed by atoms with E-state index in [9.17, 15) is 9.59 Å². The SMILES string of the molecule is C=C/C=C\C(=C/C)C(=O)N1CCCC(C(=O)Nc2ccc(Oc3ccccc3)cc2)C1. The Morgan fingerprint density at radius 2 is 1.81 bits per heavy atom. The van der Waals surface area contributed by atoms with Crippen LogP contribution in [0.15, 0.2) is 91.1 Å². The maximum absolute atomic E-state index is 12.8. The van der Waals surface area contributed by atoms with Crippen molar-refractivity contribution in [2.24, 2.45) is 5.92 Å². The van der Waals surface area contributed by atoms with Crippen molar-refractivity contribution in [1.29, 1.82) is 0 Å². The van der Waals surface area contributed by atoms with Crippen molar-refractivity contribution in [3.05, 3.63) is 91.1 Å². The van der Waals surface area contributed by atoms with Crippen LogP contribution in [0.25, 0.3) is 0 Å². The van der Waals surface area contributed by atoms with Gasteiger partial charge in [0.15, 0.2) is 0 Å². The van der Waals surface area contributed by atoms with Gasteiger partial charge in [0.05, 0.1) is 5.92 Å². The zero-order valence-electron chi connectivity index (χ0n) is 17.8. The summed E-state index contributed by atoms with van der Waals surface area (Å²) in [6.07, 6.45) is 8.48. The van der Waals surface area contributed by atoms with Crippen molar-refractivity contribution in [3.63, 3.8) is 0 Å². The fourth-order valence-electron chi connectivity index (χ4n) is 3.50. The average molecular weight is 417 g/mol. The lowest BCUT2D eigenvalue weighted by molar-refractivity contribution is -0.130. The summed E-state index contributed by atoms with van der Waals surface area (Å²) >= 11 is 0. The number of benzene rings is 2. The number of carbonyl (C=O) groups is 2. The van der Waals surface area contributed by atoms with Gasteiger partial charge in [-0.3, -0.25) is 9.59 Å². The molecule has 2 amide bonds. The molecule has 160 valence electrons. The smallest absolute Gasteiger partial charge is 0.253 e. The number of carbonyl (C=O) groups excluding carboxylic acids is 2. The van der Waals surface area contributed by atoms with E-state index in [1.807, 2.05) is 61.5 Å². The van der Waals surface area contributed by atoms with Gasteiger partial charge in [-0.05, 0) is 62.2 Å². The van der Waals surface area contributed by atoms with Crippen molar-refractivity contribution >= 4 is 17.5 Å².